The fourth-order valence-corrected chi connectivity index (χ4v) is 1.10. The lowest BCUT2D eigenvalue weighted by Gasteiger charge is -2.05. The van der Waals surface area contributed by atoms with E-state index in [1.807, 2.05) is 0 Å². The molecule has 0 radical (unpaired) electrons. The summed E-state index contributed by atoms with van der Waals surface area (Å²) in [5.74, 6) is -1.53. The van der Waals surface area contributed by atoms with Crippen molar-refractivity contribution >= 4 is 17.4 Å². The van der Waals surface area contributed by atoms with Crippen molar-refractivity contribution in [2.45, 2.75) is 0 Å². The van der Waals surface area contributed by atoms with Crippen LogP contribution in [-0.4, -0.2) is 23.4 Å². The van der Waals surface area contributed by atoms with E-state index in [1.165, 1.54) is 18.2 Å². The van der Waals surface area contributed by atoms with Gasteiger partial charge in [-0.2, -0.15) is 0 Å². The molecule has 5 N–H and O–H groups in total. The highest BCUT2D eigenvalue weighted by atomic mass is 16.4. The van der Waals surface area contributed by atoms with Crippen molar-refractivity contribution in [3.05, 3.63) is 29.3 Å². The number of benzene rings is 1. The van der Waals surface area contributed by atoms with E-state index in [-0.39, 0.29) is 29.1 Å². The van der Waals surface area contributed by atoms with Crippen molar-refractivity contribution in [3.63, 3.8) is 0 Å². The molecule has 0 atom stereocenters. The predicted octanol–water partition coefficient (Wildman–Crippen LogP) is 0.108. The zero-order valence-electron chi connectivity index (χ0n) is 7.36. The minimum absolute atomic E-state index is 0.0320. The summed E-state index contributed by atoms with van der Waals surface area (Å²) in [6.07, 6.45) is 0. The van der Waals surface area contributed by atoms with Crippen LogP contribution in [0.1, 0.15) is 20.7 Å². The number of carbonyl (C=O) groups is 2. The number of Topliss-reactive ketones (excluding diaryl/α,β-unsaturated/α-hetero) is 1. The van der Waals surface area contributed by atoms with Crippen LogP contribution in [0.2, 0.25) is 0 Å². The molecule has 0 fully saturated rings. The minimum atomic E-state index is -1.16. The van der Waals surface area contributed by atoms with Crippen molar-refractivity contribution in [1.29, 1.82) is 0 Å². The van der Waals surface area contributed by atoms with Gasteiger partial charge in [-0.05, 0) is 12.1 Å². The number of carboxylic acid groups (broad SMARTS) is 1. The average molecular weight is 194 g/mol. The van der Waals surface area contributed by atoms with E-state index in [1.54, 1.807) is 0 Å². The summed E-state index contributed by atoms with van der Waals surface area (Å²) >= 11 is 0. The Labute approximate surface area is 80.3 Å². The van der Waals surface area contributed by atoms with Gasteiger partial charge >= 0.3 is 5.97 Å². The van der Waals surface area contributed by atoms with Crippen molar-refractivity contribution in [2.24, 2.45) is 5.73 Å². The largest absolute Gasteiger partial charge is 0.478 e. The summed E-state index contributed by atoms with van der Waals surface area (Å²) < 4.78 is 0. The fraction of sp³-hybridized carbons (Fsp3) is 0.111. The van der Waals surface area contributed by atoms with Crippen LogP contribution in [0.15, 0.2) is 18.2 Å². The topological polar surface area (TPSA) is 106 Å². The van der Waals surface area contributed by atoms with Crippen LogP contribution >= 0.6 is 0 Å². The highest BCUT2D eigenvalue weighted by Gasteiger charge is 2.14. The first-order chi connectivity index (χ1) is 6.57. The number of aromatic carboxylic acids is 1. The van der Waals surface area contributed by atoms with Gasteiger partial charge in [0.1, 0.15) is 0 Å². The Kier molecular flexibility index (Phi) is 2.83. The summed E-state index contributed by atoms with van der Waals surface area (Å²) in [7, 11) is 0. The molecule has 1 aromatic carbocycles. The molecule has 74 valence electrons. The zero-order chi connectivity index (χ0) is 10.7. The van der Waals surface area contributed by atoms with E-state index >= 15 is 0 Å². The molecule has 1 rings (SSSR count). The maximum absolute atomic E-state index is 11.2. The van der Waals surface area contributed by atoms with Crippen LogP contribution in [0.25, 0.3) is 0 Å². The lowest BCUT2D eigenvalue weighted by atomic mass is 10.0. The Morgan fingerprint density at radius 3 is 2.36 bits per heavy atom. The Morgan fingerprint density at radius 1 is 1.29 bits per heavy atom. The summed E-state index contributed by atoms with van der Waals surface area (Å²) in [4.78, 5) is 21.9. The maximum Gasteiger partial charge on any atom is 0.337 e. The van der Waals surface area contributed by atoms with E-state index in [2.05, 4.69) is 0 Å². The lowest BCUT2D eigenvalue weighted by molar-refractivity contribution is 0.0698. The Bertz CT molecular complexity index is 388. The van der Waals surface area contributed by atoms with Gasteiger partial charge in [0, 0.05) is 5.56 Å². The molecule has 0 aliphatic heterocycles. The molecule has 0 aliphatic rings. The number of carbonyl (C=O) groups excluding carboxylic acids is 1. The van der Waals surface area contributed by atoms with Crippen LogP contribution in [0, 0.1) is 0 Å². The highest BCUT2D eigenvalue weighted by Crippen LogP contribution is 2.17. The van der Waals surface area contributed by atoms with Gasteiger partial charge in [-0.15, -0.1) is 0 Å². The normalized spacial score (nSPS) is 9.79. The number of hydrogen-bond donors (Lipinski definition) is 3. The monoisotopic (exact) mass is 194 g/mol. The van der Waals surface area contributed by atoms with Crippen LogP contribution in [-0.2, 0) is 0 Å². The van der Waals surface area contributed by atoms with Gasteiger partial charge in [-0.25, -0.2) is 4.79 Å². The first-order valence-corrected chi connectivity index (χ1v) is 3.93. The average Bonchev–Trinajstić information content (AvgIpc) is 2.16. The highest BCUT2D eigenvalue weighted by molar-refractivity contribution is 6.06. The molecule has 0 aromatic heterocycles. The molecule has 14 heavy (non-hydrogen) atoms. The number of rotatable bonds is 3. The van der Waals surface area contributed by atoms with Crippen LogP contribution in [0.3, 0.4) is 0 Å². The fourth-order valence-electron chi connectivity index (χ4n) is 1.10. The second-order valence-electron chi connectivity index (χ2n) is 2.70. The number of nitrogen functional groups attached to an aromatic ring is 1. The van der Waals surface area contributed by atoms with E-state index in [9.17, 15) is 9.59 Å². The van der Waals surface area contributed by atoms with Gasteiger partial charge < -0.3 is 16.6 Å². The van der Waals surface area contributed by atoms with Crippen molar-refractivity contribution in [2.75, 3.05) is 12.3 Å². The summed E-state index contributed by atoms with van der Waals surface area (Å²) in [6, 6.07) is 4.25. The van der Waals surface area contributed by atoms with Crippen molar-refractivity contribution in [1.82, 2.24) is 0 Å². The first-order valence-electron chi connectivity index (χ1n) is 3.93. The third kappa shape index (κ3) is 1.72. The Balaban J connectivity index is 3.27. The number of hydrogen-bond acceptors (Lipinski definition) is 4. The molecule has 1 aromatic rings. The van der Waals surface area contributed by atoms with Crippen molar-refractivity contribution < 1.29 is 14.7 Å². The maximum atomic E-state index is 11.2. The minimum Gasteiger partial charge on any atom is -0.478 e. The summed E-state index contributed by atoms with van der Waals surface area (Å²) in [6.45, 7) is -0.187. The molecule has 0 spiro atoms. The molecule has 0 saturated carbocycles. The molecule has 5 heteroatoms. The van der Waals surface area contributed by atoms with Gasteiger partial charge in [-0.1, -0.05) is 6.07 Å². The molecule has 0 bridgehead atoms. The van der Waals surface area contributed by atoms with Gasteiger partial charge in [0.05, 0.1) is 17.8 Å². The predicted molar refractivity (Wildman–Crippen MR) is 51.2 cm³/mol. The van der Waals surface area contributed by atoms with E-state index in [4.69, 9.17) is 16.6 Å². The number of para-hydroxylation sites is 1. The smallest absolute Gasteiger partial charge is 0.337 e. The Morgan fingerprint density at radius 2 is 1.86 bits per heavy atom. The lowest BCUT2D eigenvalue weighted by Crippen LogP contribution is -2.17. The second-order valence-corrected chi connectivity index (χ2v) is 2.70. The molecular weight excluding hydrogens is 184 g/mol. The number of ketones is 1. The van der Waals surface area contributed by atoms with Gasteiger partial charge in [0.2, 0.25) is 0 Å². The first kappa shape index (κ1) is 10.2. The number of anilines is 1. The van der Waals surface area contributed by atoms with Gasteiger partial charge in [-0.3, -0.25) is 4.79 Å². The number of carboxylic acids is 1. The number of nitrogens with two attached hydrogens (primary N) is 2. The van der Waals surface area contributed by atoms with E-state index in [0.717, 1.165) is 0 Å². The quantitative estimate of drug-likeness (QED) is 0.467. The van der Waals surface area contributed by atoms with Crippen LogP contribution < -0.4 is 11.5 Å². The van der Waals surface area contributed by atoms with E-state index in [0.29, 0.717) is 0 Å². The van der Waals surface area contributed by atoms with Crippen LogP contribution in [0.4, 0.5) is 5.69 Å². The molecular formula is C9H10N2O3. The standard InChI is InChI=1S/C9H10N2O3/c10-4-7(12)5-2-1-3-6(8(5)11)9(13)14/h1-3H,4,10-11H2,(H,13,14). The van der Waals surface area contributed by atoms with Gasteiger partial charge in [0.25, 0.3) is 0 Å². The summed E-state index contributed by atoms with van der Waals surface area (Å²) in [5, 5.41) is 8.72. The molecule has 0 heterocycles. The zero-order valence-corrected chi connectivity index (χ0v) is 7.36. The van der Waals surface area contributed by atoms with Gasteiger partial charge in [0.15, 0.2) is 5.78 Å². The molecule has 5 nitrogen and oxygen atoms in total. The Hall–Kier alpha value is -1.88. The third-order valence-corrected chi connectivity index (χ3v) is 1.82. The second kappa shape index (κ2) is 3.89. The van der Waals surface area contributed by atoms with Crippen LogP contribution in [0.5, 0.6) is 0 Å². The molecule has 0 aliphatic carbocycles. The SMILES string of the molecule is NCC(=O)c1cccc(C(=O)O)c1N. The summed E-state index contributed by atoms with van der Waals surface area (Å²) in [5.41, 5.74) is 10.7. The van der Waals surface area contributed by atoms with E-state index < -0.39 is 5.97 Å². The molecule has 0 saturated heterocycles. The molecule has 0 unspecified atom stereocenters. The molecule has 0 amide bonds. The van der Waals surface area contributed by atoms with Crippen molar-refractivity contribution in [3.8, 4) is 0 Å². The third-order valence-electron chi connectivity index (χ3n) is 1.82.